The molecule has 9 heteroatoms. The molecule has 1 saturated heterocycles. The highest BCUT2D eigenvalue weighted by molar-refractivity contribution is 9.10. The van der Waals surface area contributed by atoms with Gasteiger partial charge in [0.15, 0.2) is 0 Å². The third kappa shape index (κ3) is 5.40. The Labute approximate surface area is 208 Å². The molecule has 0 amide bonds. The summed E-state index contributed by atoms with van der Waals surface area (Å²) in [5.74, 6) is 1.63. The first kappa shape index (κ1) is 24.1. The van der Waals surface area contributed by atoms with Crippen LogP contribution < -0.4 is 4.90 Å². The van der Waals surface area contributed by atoms with Crippen LogP contribution in [-0.4, -0.2) is 48.9 Å². The van der Waals surface area contributed by atoms with Crippen LogP contribution in [0.1, 0.15) is 29.6 Å². The zero-order valence-electron chi connectivity index (χ0n) is 18.6. The maximum atomic E-state index is 13.1. The molecule has 0 N–H and O–H groups in total. The molecule has 0 aliphatic carbocycles. The lowest BCUT2D eigenvalue weighted by Crippen LogP contribution is -2.49. The molecule has 1 aromatic heterocycles. The van der Waals surface area contributed by atoms with Crippen LogP contribution in [0.4, 0.5) is 5.82 Å². The van der Waals surface area contributed by atoms with Crippen molar-refractivity contribution in [2.24, 2.45) is 0 Å². The molecule has 0 radical (unpaired) electrons. The SMILES string of the molecule is CCc1nc(C)nc(N2CCN(S(=O)(=O)c3ccc(Br)cc3)CC2)c1Cc1ccc(Cl)cc1. The Morgan fingerprint density at radius 3 is 2.21 bits per heavy atom. The summed E-state index contributed by atoms with van der Waals surface area (Å²) in [7, 11) is -3.53. The number of piperazine rings is 1. The number of anilines is 1. The first-order valence-corrected chi connectivity index (χ1v) is 13.5. The van der Waals surface area contributed by atoms with E-state index in [0.29, 0.717) is 42.5 Å². The summed E-state index contributed by atoms with van der Waals surface area (Å²) in [6.07, 6.45) is 1.50. The normalized spacial score (nSPS) is 15.1. The van der Waals surface area contributed by atoms with Crippen LogP contribution in [0.3, 0.4) is 0 Å². The summed E-state index contributed by atoms with van der Waals surface area (Å²) in [4.78, 5) is 12.0. The van der Waals surface area contributed by atoms with Gasteiger partial charge < -0.3 is 4.90 Å². The highest BCUT2D eigenvalue weighted by Crippen LogP contribution is 2.28. The number of aromatic nitrogens is 2. The minimum absolute atomic E-state index is 0.314. The minimum Gasteiger partial charge on any atom is -0.354 e. The summed E-state index contributed by atoms with van der Waals surface area (Å²) in [5, 5.41) is 0.706. The molecule has 0 atom stereocenters. The van der Waals surface area contributed by atoms with Crippen molar-refractivity contribution in [3.8, 4) is 0 Å². The van der Waals surface area contributed by atoms with E-state index in [0.717, 1.165) is 39.4 Å². The van der Waals surface area contributed by atoms with Gasteiger partial charge in [-0.15, -0.1) is 0 Å². The van der Waals surface area contributed by atoms with Crippen molar-refractivity contribution in [1.29, 1.82) is 0 Å². The lowest BCUT2D eigenvalue weighted by Gasteiger charge is -2.36. The van der Waals surface area contributed by atoms with Gasteiger partial charge in [-0.2, -0.15) is 4.31 Å². The van der Waals surface area contributed by atoms with E-state index >= 15 is 0 Å². The van der Waals surface area contributed by atoms with Gasteiger partial charge in [0.1, 0.15) is 11.6 Å². The molecule has 1 aliphatic heterocycles. The third-order valence-electron chi connectivity index (χ3n) is 5.80. The van der Waals surface area contributed by atoms with Gasteiger partial charge in [0.25, 0.3) is 0 Å². The summed E-state index contributed by atoms with van der Waals surface area (Å²) >= 11 is 9.42. The van der Waals surface area contributed by atoms with Gasteiger partial charge in [-0.3, -0.25) is 0 Å². The monoisotopic (exact) mass is 548 g/mol. The van der Waals surface area contributed by atoms with Crippen molar-refractivity contribution in [2.45, 2.75) is 31.6 Å². The number of benzene rings is 2. The predicted octanol–water partition coefficient (Wildman–Crippen LogP) is 4.87. The molecule has 0 spiro atoms. The molecule has 6 nitrogen and oxygen atoms in total. The summed E-state index contributed by atoms with van der Waals surface area (Å²) < 4.78 is 28.6. The molecule has 1 fully saturated rings. The van der Waals surface area contributed by atoms with Crippen LogP contribution in [0, 0.1) is 6.92 Å². The topological polar surface area (TPSA) is 66.4 Å². The molecule has 174 valence electrons. The van der Waals surface area contributed by atoms with Crippen molar-refractivity contribution < 1.29 is 8.42 Å². The molecule has 3 aromatic rings. The van der Waals surface area contributed by atoms with Crippen LogP contribution in [0.2, 0.25) is 5.02 Å². The molecule has 0 unspecified atom stereocenters. The Bertz CT molecular complexity index is 1230. The Morgan fingerprint density at radius 1 is 0.970 bits per heavy atom. The number of sulfonamides is 1. The van der Waals surface area contributed by atoms with E-state index in [-0.39, 0.29) is 0 Å². The zero-order valence-corrected chi connectivity index (χ0v) is 21.8. The fourth-order valence-corrected chi connectivity index (χ4v) is 5.89. The molecule has 0 saturated carbocycles. The standard InChI is InChI=1S/C24H26BrClN4O2S/c1-3-23-22(16-18-4-8-20(26)9-5-18)24(28-17(2)27-23)29-12-14-30(15-13-29)33(31,32)21-10-6-19(25)7-11-21/h4-11H,3,12-16H2,1-2H3. The first-order chi connectivity index (χ1) is 15.8. The van der Waals surface area contributed by atoms with Gasteiger partial charge in [0.2, 0.25) is 10.0 Å². The van der Waals surface area contributed by atoms with Gasteiger partial charge >= 0.3 is 0 Å². The quantitative estimate of drug-likeness (QED) is 0.439. The van der Waals surface area contributed by atoms with Gasteiger partial charge in [0, 0.05) is 53.4 Å². The fraction of sp³-hybridized carbons (Fsp3) is 0.333. The number of rotatable bonds is 6. The molecular formula is C24H26BrClN4O2S. The largest absolute Gasteiger partial charge is 0.354 e. The van der Waals surface area contributed by atoms with Crippen LogP contribution >= 0.6 is 27.5 Å². The summed E-state index contributed by atoms with van der Waals surface area (Å²) in [5.41, 5.74) is 3.26. The zero-order chi connectivity index (χ0) is 23.6. The predicted molar refractivity (Wildman–Crippen MR) is 136 cm³/mol. The maximum Gasteiger partial charge on any atom is 0.243 e. The second kappa shape index (κ2) is 10.1. The smallest absolute Gasteiger partial charge is 0.243 e. The van der Waals surface area contributed by atoms with Crippen molar-refractivity contribution >= 4 is 43.4 Å². The second-order valence-corrected chi connectivity index (χ2v) is 11.3. The molecule has 4 rings (SSSR count). The Balaban J connectivity index is 1.58. The lowest BCUT2D eigenvalue weighted by molar-refractivity contribution is 0.383. The molecule has 33 heavy (non-hydrogen) atoms. The molecule has 2 heterocycles. The molecule has 0 bridgehead atoms. The Morgan fingerprint density at radius 2 is 1.61 bits per heavy atom. The van der Waals surface area contributed by atoms with E-state index in [2.05, 4.69) is 32.7 Å². The highest BCUT2D eigenvalue weighted by Gasteiger charge is 2.30. The van der Waals surface area contributed by atoms with Crippen molar-refractivity contribution in [3.63, 3.8) is 0 Å². The second-order valence-electron chi connectivity index (χ2n) is 8.02. The van der Waals surface area contributed by atoms with E-state index in [9.17, 15) is 8.42 Å². The van der Waals surface area contributed by atoms with Crippen molar-refractivity contribution in [3.05, 3.63) is 80.7 Å². The van der Waals surface area contributed by atoms with E-state index in [1.165, 1.54) is 0 Å². The first-order valence-electron chi connectivity index (χ1n) is 10.9. The van der Waals surface area contributed by atoms with E-state index in [1.807, 2.05) is 31.2 Å². The van der Waals surface area contributed by atoms with Crippen LogP contribution in [0.15, 0.2) is 57.9 Å². The number of aryl methyl sites for hydroxylation is 2. The van der Waals surface area contributed by atoms with Crippen LogP contribution in [-0.2, 0) is 22.9 Å². The highest BCUT2D eigenvalue weighted by atomic mass is 79.9. The summed E-state index contributed by atoms with van der Waals surface area (Å²) in [6, 6.07) is 14.6. The summed E-state index contributed by atoms with van der Waals surface area (Å²) in [6.45, 7) is 5.96. The fourth-order valence-electron chi connectivity index (χ4n) is 4.07. The van der Waals surface area contributed by atoms with Crippen LogP contribution in [0.25, 0.3) is 0 Å². The van der Waals surface area contributed by atoms with Gasteiger partial charge in [-0.05, 0) is 55.3 Å². The third-order valence-corrected chi connectivity index (χ3v) is 8.49. The minimum atomic E-state index is -3.53. The van der Waals surface area contributed by atoms with E-state index in [4.69, 9.17) is 16.6 Å². The number of hydrogen-bond acceptors (Lipinski definition) is 5. The van der Waals surface area contributed by atoms with E-state index in [1.54, 1.807) is 28.6 Å². The molecule has 2 aromatic carbocycles. The van der Waals surface area contributed by atoms with Gasteiger partial charge in [-0.25, -0.2) is 18.4 Å². The van der Waals surface area contributed by atoms with Crippen molar-refractivity contribution in [1.82, 2.24) is 14.3 Å². The van der Waals surface area contributed by atoms with Crippen LogP contribution in [0.5, 0.6) is 0 Å². The number of nitrogens with zero attached hydrogens (tertiary/aromatic N) is 4. The Kier molecular flexibility index (Phi) is 7.38. The molecule has 1 aliphatic rings. The number of hydrogen-bond donors (Lipinski definition) is 0. The van der Waals surface area contributed by atoms with Crippen molar-refractivity contribution in [2.75, 3.05) is 31.1 Å². The Hall–Kier alpha value is -2.00. The molecular weight excluding hydrogens is 524 g/mol. The van der Waals surface area contributed by atoms with Gasteiger partial charge in [-0.1, -0.05) is 46.6 Å². The number of halogens is 2. The lowest BCUT2D eigenvalue weighted by atomic mass is 10.0. The average molecular weight is 550 g/mol. The van der Waals surface area contributed by atoms with Gasteiger partial charge in [0.05, 0.1) is 4.90 Å². The average Bonchev–Trinajstić information content (AvgIpc) is 2.81. The van der Waals surface area contributed by atoms with E-state index < -0.39 is 10.0 Å². The maximum absolute atomic E-state index is 13.1.